The number of phenolic OH excluding ortho intramolecular Hbond substituents is 1. The number of tetrazole rings is 1. The minimum Gasteiger partial charge on any atom is -0.505 e. The lowest BCUT2D eigenvalue weighted by molar-refractivity contribution is -0.144. The van der Waals surface area contributed by atoms with Gasteiger partial charge < -0.3 is 25.2 Å². The summed E-state index contributed by atoms with van der Waals surface area (Å²) < 4.78 is 12.1. The van der Waals surface area contributed by atoms with Gasteiger partial charge in [-0.2, -0.15) is 0 Å². The fourth-order valence-corrected chi connectivity index (χ4v) is 7.83. The number of ether oxygens (including phenoxy) is 2. The Morgan fingerprint density at radius 2 is 1.63 bits per heavy atom. The number of carbonyl (C=O) groups is 4. The van der Waals surface area contributed by atoms with Crippen molar-refractivity contribution in [3.8, 4) is 11.5 Å². The summed E-state index contributed by atoms with van der Waals surface area (Å²) >= 11 is 2.06. The van der Waals surface area contributed by atoms with Crippen LogP contribution in [0.25, 0.3) is 0 Å². The zero-order valence-electron chi connectivity index (χ0n) is 31.9. The molecule has 0 unspecified atom stereocenters. The number of anilines is 2. The van der Waals surface area contributed by atoms with Crippen LogP contribution in [0.15, 0.2) is 40.4 Å². The smallest absolute Gasteiger partial charge is 0.377 e. The largest absolute Gasteiger partial charge is 0.505 e. The number of aromatic nitrogens is 4. The number of amides is 2. The molecule has 2 aromatic carbocycles. The van der Waals surface area contributed by atoms with Gasteiger partial charge in [0.15, 0.2) is 0 Å². The van der Waals surface area contributed by atoms with E-state index in [0.29, 0.717) is 46.3 Å². The van der Waals surface area contributed by atoms with Crippen molar-refractivity contribution < 1.29 is 33.8 Å². The van der Waals surface area contributed by atoms with Crippen molar-refractivity contribution >= 4 is 58.0 Å². The van der Waals surface area contributed by atoms with Crippen LogP contribution in [-0.2, 0) is 36.8 Å². The third kappa shape index (κ3) is 13.3. The van der Waals surface area contributed by atoms with E-state index < -0.39 is 16.7 Å². The predicted molar refractivity (Wildman–Crippen MR) is 211 cm³/mol. The van der Waals surface area contributed by atoms with E-state index in [0.717, 1.165) is 37.7 Å². The Kier molecular flexibility index (Phi) is 17.1. The molecule has 0 saturated carbocycles. The maximum atomic E-state index is 13.2. The highest BCUT2D eigenvalue weighted by Gasteiger charge is 2.37. The van der Waals surface area contributed by atoms with Crippen LogP contribution < -0.4 is 15.4 Å². The molecule has 0 spiro atoms. The van der Waals surface area contributed by atoms with Gasteiger partial charge >= 0.3 is 11.3 Å². The van der Waals surface area contributed by atoms with Crippen molar-refractivity contribution in [1.29, 1.82) is 0 Å². The number of hydrogen-bond donors (Lipinski definition) is 3. The molecule has 2 amide bonds. The number of benzene rings is 2. The molecule has 0 radical (unpaired) electrons. The molecule has 15 heteroatoms. The van der Waals surface area contributed by atoms with Crippen molar-refractivity contribution in [3.63, 3.8) is 0 Å². The second-order valence-corrected chi connectivity index (χ2v) is 16.1. The summed E-state index contributed by atoms with van der Waals surface area (Å²) in [5, 5.41) is 28.5. The first-order valence-electron chi connectivity index (χ1n) is 19.0. The quantitative estimate of drug-likeness (QED) is 0.0382. The molecule has 0 aliphatic carbocycles. The molecule has 54 heavy (non-hydrogen) atoms. The van der Waals surface area contributed by atoms with Crippen LogP contribution in [0.3, 0.4) is 0 Å². The average molecular weight is 783 g/mol. The van der Waals surface area contributed by atoms with Gasteiger partial charge in [-0.15, -0.1) is 5.10 Å². The normalized spacial score (nSPS) is 13.2. The SMILES string of the molecule is CCCCCCCCCCCCCC(=O)Nc1c(SC(=O)Oc2ccc(CSc3nnnn3CC(=O)OCCC)cc2)cc2c(c1O)C(C)(C)CC(=O)N2. The van der Waals surface area contributed by atoms with Gasteiger partial charge in [0.1, 0.15) is 18.0 Å². The van der Waals surface area contributed by atoms with E-state index in [-0.39, 0.29) is 47.5 Å². The van der Waals surface area contributed by atoms with Crippen LogP contribution in [0.5, 0.6) is 11.5 Å². The number of rotatable bonds is 22. The van der Waals surface area contributed by atoms with Gasteiger partial charge in [-0.05, 0) is 58.8 Å². The van der Waals surface area contributed by atoms with Crippen LogP contribution in [0.2, 0.25) is 0 Å². The standard InChI is InChI=1S/C39H54N6O7S2/c1-5-7-8-9-10-11-12-13-14-15-16-17-31(46)41-35-30(23-29-34(36(35)49)39(3,4)24-32(47)40-29)54-38(50)52-28-20-18-27(19-21-28)26-53-37-42-43-44-45(37)25-33(48)51-22-6-2/h18-21,23,49H,5-17,22,24-26H2,1-4H3,(H,40,47)(H,41,46). The summed E-state index contributed by atoms with van der Waals surface area (Å²) in [5.74, 6) is -0.264. The van der Waals surface area contributed by atoms with E-state index in [1.807, 2.05) is 20.8 Å². The zero-order chi connectivity index (χ0) is 38.9. The van der Waals surface area contributed by atoms with Crippen molar-refractivity contribution in [2.45, 2.75) is 145 Å². The summed E-state index contributed by atoms with van der Waals surface area (Å²) in [4.78, 5) is 51.1. The lowest BCUT2D eigenvalue weighted by Gasteiger charge is -2.34. The first kappa shape index (κ1) is 42.6. The maximum Gasteiger partial charge on any atom is 0.377 e. The van der Waals surface area contributed by atoms with Gasteiger partial charge in [-0.25, -0.2) is 9.48 Å². The van der Waals surface area contributed by atoms with Gasteiger partial charge in [0.05, 0.1) is 12.3 Å². The van der Waals surface area contributed by atoms with Crippen LogP contribution in [0, 0.1) is 0 Å². The van der Waals surface area contributed by atoms with E-state index in [1.165, 1.54) is 61.4 Å². The molecule has 2 heterocycles. The fourth-order valence-electron chi connectivity index (χ4n) is 6.26. The van der Waals surface area contributed by atoms with Gasteiger partial charge in [0.25, 0.3) is 0 Å². The Hall–Kier alpha value is -4.11. The molecule has 1 aromatic heterocycles. The molecular formula is C39H54N6O7S2. The third-order valence-corrected chi connectivity index (χ3v) is 10.8. The lowest BCUT2D eigenvalue weighted by atomic mass is 9.77. The number of thioether (sulfide) groups is 2. The minimum absolute atomic E-state index is 0.0845. The number of phenols is 1. The first-order chi connectivity index (χ1) is 26.0. The Morgan fingerprint density at radius 3 is 2.30 bits per heavy atom. The Bertz CT molecular complexity index is 1710. The van der Waals surface area contributed by atoms with Crippen molar-refractivity contribution in [2.75, 3.05) is 17.2 Å². The van der Waals surface area contributed by atoms with Crippen LogP contribution in [0.1, 0.15) is 129 Å². The molecule has 1 aliphatic heterocycles. The number of unbranched alkanes of at least 4 members (excludes halogenated alkanes) is 10. The zero-order valence-corrected chi connectivity index (χ0v) is 33.5. The number of esters is 1. The van der Waals surface area contributed by atoms with E-state index in [4.69, 9.17) is 9.47 Å². The van der Waals surface area contributed by atoms with Gasteiger partial charge in [0, 0.05) is 40.2 Å². The molecule has 4 rings (SSSR count). The Balaban J connectivity index is 1.34. The fraction of sp³-hybridized carbons (Fsp3) is 0.564. The van der Waals surface area contributed by atoms with E-state index in [1.54, 1.807) is 30.3 Å². The number of carbonyl (C=O) groups excluding carboxylic acids is 4. The monoisotopic (exact) mass is 782 g/mol. The Morgan fingerprint density at radius 1 is 0.963 bits per heavy atom. The number of nitrogens with one attached hydrogen (secondary N) is 2. The first-order valence-corrected chi connectivity index (χ1v) is 20.8. The number of fused-ring (bicyclic) bond motifs is 1. The highest BCUT2D eigenvalue weighted by Crippen LogP contribution is 2.50. The minimum atomic E-state index is -0.701. The molecule has 0 saturated heterocycles. The molecule has 13 nitrogen and oxygen atoms in total. The van der Waals surface area contributed by atoms with Crippen LogP contribution in [-0.4, -0.2) is 55.0 Å². The third-order valence-electron chi connectivity index (χ3n) is 9.02. The van der Waals surface area contributed by atoms with Crippen LogP contribution in [0.4, 0.5) is 16.2 Å². The summed E-state index contributed by atoms with van der Waals surface area (Å²) in [5.41, 5.74) is 1.22. The van der Waals surface area contributed by atoms with E-state index >= 15 is 0 Å². The topological polar surface area (TPSA) is 175 Å². The molecule has 0 atom stereocenters. The maximum absolute atomic E-state index is 13.2. The Labute approximate surface area is 326 Å². The molecule has 3 aromatic rings. The molecule has 1 aliphatic rings. The molecule has 3 N–H and O–H groups in total. The highest BCUT2D eigenvalue weighted by molar-refractivity contribution is 8.13. The van der Waals surface area contributed by atoms with Crippen molar-refractivity contribution in [1.82, 2.24) is 20.2 Å². The van der Waals surface area contributed by atoms with E-state index in [2.05, 4.69) is 33.1 Å². The molecule has 0 bridgehead atoms. The number of nitrogens with zero attached hydrogens (tertiary/aromatic N) is 4. The summed E-state index contributed by atoms with van der Waals surface area (Å²) in [6.07, 6.45) is 14.0. The number of hydrogen-bond acceptors (Lipinski definition) is 12. The highest BCUT2D eigenvalue weighted by atomic mass is 32.2. The lowest BCUT2D eigenvalue weighted by Crippen LogP contribution is -2.33. The average Bonchev–Trinajstić information content (AvgIpc) is 3.56. The van der Waals surface area contributed by atoms with Crippen LogP contribution >= 0.6 is 23.5 Å². The predicted octanol–water partition coefficient (Wildman–Crippen LogP) is 9.17. The molecule has 0 fully saturated rings. The summed E-state index contributed by atoms with van der Waals surface area (Å²) in [6.45, 7) is 8.11. The second kappa shape index (κ2) is 21.7. The van der Waals surface area contributed by atoms with Crippen molar-refractivity contribution in [3.05, 3.63) is 41.5 Å². The van der Waals surface area contributed by atoms with E-state index in [9.17, 15) is 24.3 Å². The molecular weight excluding hydrogens is 729 g/mol. The second-order valence-electron chi connectivity index (χ2n) is 14.2. The summed E-state index contributed by atoms with van der Waals surface area (Å²) in [6, 6.07) is 8.51. The summed E-state index contributed by atoms with van der Waals surface area (Å²) in [7, 11) is 0. The van der Waals surface area contributed by atoms with Gasteiger partial charge in [-0.1, -0.05) is 116 Å². The number of aromatic hydroxyl groups is 1. The van der Waals surface area contributed by atoms with Crippen molar-refractivity contribution in [2.24, 2.45) is 0 Å². The van der Waals surface area contributed by atoms with Gasteiger partial charge in [-0.3, -0.25) is 14.4 Å². The molecule has 294 valence electrons. The van der Waals surface area contributed by atoms with Gasteiger partial charge in [0.2, 0.25) is 17.0 Å².